The Morgan fingerprint density at radius 2 is 2.15 bits per heavy atom. The maximum atomic E-state index is 13.1. The Labute approximate surface area is 201 Å². The summed E-state index contributed by atoms with van der Waals surface area (Å²) in [5, 5.41) is 6.70. The summed E-state index contributed by atoms with van der Waals surface area (Å²) in [4.78, 5) is 26.8. The molecule has 1 unspecified atom stereocenters. The fourth-order valence-corrected chi connectivity index (χ4v) is 4.06. The summed E-state index contributed by atoms with van der Waals surface area (Å²) < 4.78 is 10.6. The van der Waals surface area contributed by atoms with Gasteiger partial charge in [-0.2, -0.15) is 0 Å². The van der Waals surface area contributed by atoms with Gasteiger partial charge < -0.3 is 25.0 Å². The van der Waals surface area contributed by atoms with Crippen molar-refractivity contribution >= 4 is 34.0 Å². The molecule has 1 aliphatic heterocycles. The molecule has 2 fully saturated rings. The monoisotopic (exact) mass is 475 g/mol. The highest BCUT2D eigenvalue weighted by molar-refractivity contribution is 6.49. The van der Waals surface area contributed by atoms with Gasteiger partial charge in [-0.3, -0.25) is 9.59 Å². The lowest BCUT2D eigenvalue weighted by atomic mass is 9.95. The number of amides is 2. The van der Waals surface area contributed by atoms with Crippen LogP contribution in [0, 0.1) is 0 Å². The molecule has 3 rings (SSSR count). The minimum absolute atomic E-state index is 0.0306. The van der Waals surface area contributed by atoms with Gasteiger partial charge in [0.2, 0.25) is 5.91 Å². The maximum Gasteiger partial charge on any atom is 0.253 e. The van der Waals surface area contributed by atoms with Gasteiger partial charge in [0.05, 0.1) is 6.61 Å². The van der Waals surface area contributed by atoms with Gasteiger partial charge in [0.1, 0.15) is 12.7 Å². The Kier molecular flexibility index (Phi) is 9.50. The molecule has 1 atom stereocenters. The van der Waals surface area contributed by atoms with Crippen LogP contribution in [-0.2, 0) is 25.6 Å². The van der Waals surface area contributed by atoms with E-state index in [0.29, 0.717) is 37.7 Å². The molecule has 0 aromatic heterocycles. The number of nitrogens with zero attached hydrogens (tertiary/aromatic N) is 1. The second kappa shape index (κ2) is 12.3. The highest BCUT2D eigenvalue weighted by Gasteiger charge is 2.36. The van der Waals surface area contributed by atoms with Crippen LogP contribution in [-0.4, -0.2) is 68.8 Å². The second-order valence-electron chi connectivity index (χ2n) is 8.41. The van der Waals surface area contributed by atoms with Gasteiger partial charge in [-0.05, 0) is 49.0 Å². The number of benzene rings is 1. The number of halogens is 1. The molecule has 0 spiro atoms. The van der Waals surface area contributed by atoms with Crippen molar-refractivity contribution in [2.75, 3.05) is 40.0 Å². The van der Waals surface area contributed by atoms with Gasteiger partial charge in [0.15, 0.2) is 0 Å². The zero-order valence-corrected chi connectivity index (χ0v) is 20.2. The van der Waals surface area contributed by atoms with Crippen molar-refractivity contribution in [3.63, 3.8) is 0 Å². The predicted octanol–water partition coefficient (Wildman–Crippen LogP) is 2.93. The molecule has 1 aliphatic carbocycles. The fraction of sp³-hybridized carbons (Fsp3) is 0.520. The molecule has 1 aromatic rings. The van der Waals surface area contributed by atoms with Gasteiger partial charge in [-0.25, -0.2) is 0 Å². The molecule has 0 bridgehead atoms. The van der Waals surface area contributed by atoms with Crippen molar-refractivity contribution in [1.29, 1.82) is 0 Å². The lowest BCUT2D eigenvalue weighted by Crippen LogP contribution is -2.49. The van der Waals surface area contributed by atoms with Crippen LogP contribution in [0.25, 0.3) is 10.6 Å². The molecule has 7 nitrogen and oxygen atoms in total. The summed E-state index contributed by atoms with van der Waals surface area (Å²) >= 11 is 6.48. The summed E-state index contributed by atoms with van der Waals surface area (Å²) in [6.07, 6.45) is 4.04. The first kappa shape index (κ1) is 25.4. The molecule has 8 heteroatoms. The fourth-order valence-electron chi connectivity index (χ4n) is 3.89. The second-order valence-corrected chi connectivity index (χ2v) is 8.82. The maximum absolute atomic E-state index is 13.1. The molecule has 180 valence electrons. The van der Waals surface area contributed by atoms with Crippen molar-refractivity contribution in [3.8, 4) is 0 Å². The Bertz CT molecular complexity index is 892. The first-order chi connectivity index (χ1) is 15.9. The molecule has 2 N–H and O–H groups in total. The van der Waals surface area contributed by atoms with E-state index in [4.69, 9.17) is 21.1 Å². The van der Waals surface area contributed by atoms with Crippen LogP contribution < -0.4 is 10.6 Å². The smallest absolute Gasteiger partial charge is 0.253 e. The summed E-state index contributed by atoms with van der Waals surface area (Å²) in [6, 6.07) is 6.32. The summed E-state index contributed by atoms with van der Waals surface area (Å²) in [5.74, 6) is -0.120. The molecular weight excluding hydrogens is 442 g/mol. The Hall–Kier alpha value is -2.19. The van der Waals surface area contributed by atoms with E-state index in [1.807, 2.05) is 30.0 Å². The first-order valence-corrected chi connectivity index (χ1v) is 11.8. The van der Waals surface area contributed by atoms with Crippen LogP contribution in [0.4, 0.5) is 0 Å². The van der Waals surface area contributed by atoms with Crippen LogP contribution in [0.15, 0.2) is 30.9 Å². The number of hydrogen-bond acceptors (Lipinski definition) is 5. The van der Waals surface area contributed by atoms with E-state index in [-0.39, 0.29) is 24.5 Å². The van der Waals surface area contributed by atoms with Gasteiger partial charge in [-0.1, -0.05) is 36.4 Å². The molecule has 1 saturated heterocycles. The number of rotatable bonds is 11. The number of ether oxygens (including phenoxy) is 2. The summed E-state index contributed by atoms with van der Waals surface area (Å²) in [6.45, 7) is 9.01. The molecule has 1 saturated carbocycles. The van der Waals surface area contributed by atoms with Crippen LogP contribution >= 0.6 is 11.6 Å². The lowest BCUT2D eigenvalue weighted by Gasteiger charge is -2.30. The third-order valence-electron chi connectivity index (χ3n) is 5.83. The highest BCUT2D eigenvalue weighted by atomic mass is 35.5. The summed E-state index contributed by atoms with van der Waals surface area (Å²) in [7, 11) is 1.49. The number of allylic oxidation sites excluding steroid dienone is 1. The van der Waals surface area contributed by atoms with Gasteiger partial charge >= 0.3 is 0 Å². The van der Waals surface area contributed by atoms with Crippen molar-refractivity contribution in [1.82, 2.24) is 15.5 Å². The Morgan fingerprint density at radius 1 is 1.36 bits per heavy atom. The first-order valence-electron chi connectivity index (χ1n) is 11.5. The predicted molar refractivity (Wildman–Crippen MR) is 131 cm³/mol. The molecular formula is C25H34ClN3O4. The highest BCUT2D eigenvalue weighted by Crippen LogP contribution is 2.33. The average Bonchev–Trinajstić information content (AvgIpc) is 3.67. The van der Waals surface area contributed by atoms with Crippen molar-refractivity contribution in [3.05, 3.63) is 47.5 Å². The number of hydrogen-bond donors (Lipinski definition) is 2. The minimum atomic E-state index is -0.429. The number of carbonyl (C=O) groups is 2. The zero-order chi connectivity index (χ0) is 23.8. The van der Waals surface area contributed by atoms with Crippen molar-refractivity contribution < 1.29 is 19.1 Å². The number of nitrogens with one attached hydrogen (secondary N) is 2. The molecule has 1 heterocycles. The van der Waals surface area contributed by atoms with E-state index >= 15 is 0 Å². The topological polar surface area (TPSA) is 79.9 Å². The molecule has 33 heavy (non-hydrogen) atoms. The van der Waals surface area contributed by atoms with E-state index in [9.17, 15) is 9.59 Å². The van der Waals surface area contributed by atoms with Gasteiger partial charge in [0, 0.05) is 49.9 Å². The molecule has 2 amide bonds. The molecule has 0 radical (unpaired) electrons. The van der Waals surface area contributed by atoms with Crippen LogP contribution in [0.2, 0.25) is 0 Å². The molecule has 1 aromatic carbocycles. The van der Waals surface area contributed by atoms with Crippen LogP contribution in [0.5, 0.6) is 0 Å². The average molecular weight is 476 g/mol. The normalized spacial score (nSPS) is 18.6. The number of methoxy groups -OCH3 is 1. The van der Waals surface area contributed by atoms with E-state index < -0.39 is 6.10 Å². The van der Waals surface area contributed by atoms with Crippen LogP contribution in [0.3, 0.4) is 0 Å². The van der Waals surface area contributed by atoms with Crippen molar-refractivity contribution in [2.24, 2.45) is 0 Å². The van der Waals surface area contributed by atoms with Gasteiger partial charge in [-0.15, -0.1) is 0 Å². The number of morpholine rings is 1. The lowest BCUT2D eigenvalue weighted by molar-refractivity contribution is -0.146. The third kappa shape index (κ3) is 7.14. The SMILES string of the molecule is C=C(CCNC(=O)COC)c1cc(CN(C(=O)C2CNCCO2)C2CC2)ccc1/C(Cl)=C\C. The summed E-state index contributed by atoms with van der Waals surface area (Å²) in [5.41, 5.74) is 3.70. The zero-order valence-electron chi connectivity index (χ0n) is 19.5. The standard InChI is InChI=1S/C25H34ClN3O4/c1-4-22(26)20-8-5-18(13-21(20)17(2)9-10-28-24(30)16-32-3)15-29(19-6-7-19)25(31)23-14-27-11-12-33-23/h4-5,8,13,19,23,27H,2,6-7,9-12,14-16H2,1,3H3,(H,28,30)/b22-4+. The largest absolute Gasteiger partial charge is 0.375 e. The molecule has 2 aliphatic rings. The van der Waals surface area contributed by atoms with E-state index in [1.165, 1.54) is 7.11 Å². The Balaban J connectivity index is 1.75. The van der Waals surface area contributed by atoms with E-state index in [1.54, 1.807) is 0 Å². The van der Waals surface area contributed by atoms with E-state index in [0.717, 1.165) is 41.6 Å². The third-order valence-corrected chi connectivity index (χ3v) is 6.25. The Morgan fingerprint density at radius 3 is 2.79 bits per heavy atom. The minimum Gasteiger partial charge on any atom is -0.375 e. The van der Waals surface area contributed by atoms with Crippen LogP contribution in [0.1, 0.15) is 42.9 Å². The quantitative estimate of drug-likeness (QED) is 0.514. The number of carbonyl (C=O) groups excluding carboxylic acids is 2. The van der Waals surface area contributed by atoms with E-state index in [2.05, 4.69) is 23.3 Å². The van der Waals surface area contributed by atoms with Gasteiger partial charge in [0.25, 0.3) is 5.91 Å². The van der Waals surface area contributed by atoms with Crippen molar-refractivity contribution in [2.45, 2.75) is 44.9 Å².